The summed E-state index contributed by atoms with van der Waals surface area (Å²) in [4.78, 5) is 12.2. The van der Waals surface area contributed by atoms with Crippen molar-refractivity contribution in [2.75, 3.05) is 12.4 Å². The first-order valence-electron chi connectivity index (χ1n) is 7.22. The van der Waals surface area contributed by atoms with Gasteiger partial charge < -0.3 is 10.1 Å². The van der Waals surface area contributed by atoms with Crippen molar-refractivity contribution >= 4 is 21.6 Å². The Bertz CT molecular complexity index is 504. The van der Waals surface area contributed by atoms with Gasteiger partial charge in [-0.15, -0.1) is 0 Å². The van der Waals surface area contributed by atoms with Crippen LogP contribution in [0.5, 0.6) is 0 Å². The molecule has 5 nitrogen and oxygen atoms in total. The molecule has 0 saturated heterocycles. The second kappa shape index (κ2) is 7.22. The maximum atomic E-state index is 12.2. The van der Waals surface area contributed by atoms with Crippen LogP contribution >= 0.6 is 15.9 Å². The smallest absolute Gasteiger partial charge is 0.283 e. The molecule has 1 fully saturated rings. The molecule has 20 heavy (non-hydrogen) atoms. The van der Waals surface area contributed by atoms with Gasteiger partial charge in [0, 0.05) is 13.7 Å². The second-order valence-corrected chi connectivity index (χ2v) is 6.00. The topological polar surface area (TPSA) is 56.1 Å². The van der Waals surface area contributed by atoms with Crippen LogP contribution in [0.15, 0.2) is 15.5 Å². The minimum absolute atomic E-state index is 0.0737. The first kappa shape index (κ1) is 15.5. The number of aryl methyl sites for hydroxylation is 1. The average Bonchev–Trinajstić information content (AvgIpc) is 2.90. The van der Waals surface area contributed by atoms with Crippen molar-refractivity contribution in [2.45, 2.75) is 57.7 Å². The Kier molecular flexibility index (Phi) is 5.60. The lowest BCUT2D eigenvalue weighted by Crippen LogP contribution is -2.32. The normalized spacial score (nSPS) is 22.1. The van der Waals surface area contributed by atoms with Gasteiger partial charge in [0.25, 0.3) is 5.56 Å². The summed E-state index contributed by atoms with van der Waals surface area (Å²) in [5.74, 6) is 0. The van der Waals surface area contributed by atoms with Gasteiger partial charge in [0.15, 0.2) is 0 Å². The van der Waals surface area contributed by atoms with Gasteiger partial charge in [-0.1, -0.05) is 13.3 Å². The summed E-state index contributed by atoms with van der Waals surface area (Å²) < 4.78 is 7.54. The highest BCUT2D eigenvalue weighted by atomic mass is 79.9. The number of methoxy groups -OCH3 is 1. The zero-order valence-electron chi connectivity index (χ0n) is 12.1. The van der Waals surface area contributed by atoms with Crippen molar-refractivity contribution in [2.24, 2.45) is 0 Å². The van der Waals surface area contributed by atoms with E-state index in [-0.39, 0.29) is 17.7 Å². The number of unbranched alkanes of at least 4 members (excludes halogenated alkanes) is 1. The third kappa shape index (κ3) is 3.41. The first-order chi connectivity index (χ1) is 9.67. The van der Waals surface area contributed by atoms with Crippen LogP contribution in [0.3, 0.4) is 0 Å². The molecule has 0 spiro atoms. The third-order valence-electron chi connectivity index (χ3n) is 3.80. The highest BCUT2D eigenvalue weighted by molar-refractivity contribution is 9.10. The number of anilines is 1. The molecule has 1 saturated carbocycles. The molecule has 6 heteroatoms. The molecule has 0 bridgehead atoms. The number of nitrogens with zero attached hydrogens (tertiary/aromatic N) is 2. The molecule has 0 amide bonds. The molecule has 2 atom stereocenters. The fraction of sp³-hybridized carbons (Fsp3) is 0.714. The lowest BCUT2D eigenvalue weighted by atomic mass is 10.2. The summed E-state index contributed by atoms with van der Waals surface area (Å²) >= 11 is 3.40. The Hall–Kier alpha value is -0.880. The maximum absolute atomic E-state index is 12.2. The van der Waals surface area contributed by atoms with Crippen LogP contribution < -0.4 is 10.9 Å². The number of aromatic nitrogens is 2. The van der Waals surface area contributed by atoms with E-state index in [0.29, 0.717) is 11.0 Å². The van der Waals surface area contributed by atoms with E-state index in [9.17, 15) is 4.79 Å². The lowest BCUT2D eigenvalue weighted by molar-refractivity contribution is 0.101. The Morgan fingerprint density at radius 1 is 1.55 bits per heavy atom. The highest BCUT2D eigenvalue weighted by Crippen LogP contribution is 2.27. The molecule has 112 valence electrons. The zero-order chi connectivity index (χ0) is 14.5. The molecule has 2 unspecified atom stereocenters. The van der Waals surface area contributed by atoms with Crippen LogP contribution in [-0.2, 0) is 11.3 Å². The van der Waals surface area contributed by atoms with Crippen molar-refractivity contribution in [3.8, 4) is 0 Å². The fourth-order valence-corrected chi connectivity index (χ4v) is 3.03. The fourth-order valence-electron chi connectivity index (χ4n) is 2.61. The average molecular weight is 344 g/mol. The van der Waals surface area contributed by atoms with Gasteiger partial charge in [0.05, 0.1) is 24.0 Å². The van der Waals surface area contributed by atoms with Crippen LogP contribution in [-0.4, -0.2) is 29.0 Å². The Morgan fingerprint density at radius 3 is 3.05 bits per heavy atom. The molecule has 2 rings (SSSR count). The predicted octanol–water partition coefficient (Wildman–Crippen LogP) is 2.79. The standard InChI is InChI=1S/C14H22BrN3O2/c1-3-4-8-18-14(19)13(15)11(9-16-18)17-10-6-5-7-12(10)20-2/h9-10,12,17H,3-8H2,1-2H3. The number of hydrogen-bond acceptors (Lipinski definition) is 4. The van der Waals surface area contributed by atoms with Gasteiger partial charge in [-0.3, -0.25) is 4.79 Å². The van der Waals surface area contributed by atoms with Gasteiger partial charge in [0.1, 0.15) is 4.47 Å². The van der Waals surface area contributed by atoms with Crippen LogP contribution in [0.4, 0.5) is 5.69 Å². The van der Waals surface area contributed by atoms with E-state index < -0.39 is 0 Å². The summed E-state index contributed by atoms with van der Waals surface area (Å²) in [6.45, 7) is 2.76. The SMILES string of the molecule is CCCCn1ncc(NC2CCCC2OC)c(Br)c1=O. The number of nitrogens with one attached hydrogen (secondary N) is 1. The molecule has 1 aromatic heterocycles. The van der Waals surface area contributed by atoms with Crippen LogP contribution in [0.2, 0.25) is 0 Å². The van der Waals surface area contributed by atoms with E-state index in [0.717, 1.165) is 37.8 Å². The van der Waals surface area contributed by atoms with Gasteiger partial charge in [-0.2, -0.15) is 5.10 Å². The van der Waals surface area contributed by atoms with Crippen LogP contribution in [0, 0.1) is 0 Å². The summed E-state index contributed by atoms with van der Waals surface area (Å²) in [5.41, 5.74) is 0.687. The first-order valence-corrected chi connectivity index (χ1v) is 8.01. The summed E-state index contributed by atoms with van der Waals surface area (Å²) in [6, 6.07) is 0.254. The highest BCUT2D eigenvalue weighted by Gasteiger charge is 2.27. The molecule has 1 N–H and O–H groups in total. The summed E-state index contributed by atoms with van der Waals surface area (Å²) in [5, 5.41) is 7.63. The molecule has 0 aromatic carbocycles. The van der Waals surface area contributed by atoms with Crippen LogP contribution in [0.25, 0.3) is 0 Å². The third-order valence-corrected chi connectivity index (χ3v) is 4.57. The Morgan fingerprint density at radius 2 is 2.35 bits per heavy atom. The van der Waals surface area contributed by atoms with Crippen molar-refractivity contribution in [1.82, 2.24) is 9.78 Å². The summed E-state index contributed by atoms with van der Waals surface area (Å²) in [7, 11) is 1.74. The van der Waals surface area contributed by atoms with Gasteiger partial charge in [-0.05, 0) is 41.6 Å². The minimum atomic E-state index is -0.0737. The van der Waals surface area contributed by atoms with Crippen molar-refractivity contribution in [3.05, 3.63) is 21.0 Å². The molecule has 1 aliphatic carbocycles. The molecular formula is C14H22BrN3O2. The Balaban J connectivity index is 2.13. The van der Waals surface area contributed by atoms with E-state index in [4.69, 9.17) is 4.74 Å². The zero-order valence-corrected chi connectivity index (χ0v) is 13.6. The molecule has 1 aliphatic rings. The number of halogens is 1. The van der Waals surface area contributed by atoms with E-state index in [1.807, 2.05) is 0 Å². The number of ether oxygens (including phenoxy) is 1. The van der Waals surface area contributed by atoms with E-state index in [1.165, 1.54) is 4.68 Å². The predicted molar refractivity (Wildman–Crippen MR) is 83.2 cm³/mol. The molecule has 0 aliphatic heterocycles. The number of rotatable bonds is 6. The molecule has 0 radical (unpaired) electrons. The van der Waals surface area contributed by atoms with E-state index in [2.05, 4.69) is 33.3 Å². The van der Waals surface area contributed by atoms with Crippen LogP contribution in [0.1, 0.15) is 39.0 Å². The van der Waals surface area contributed by atoms with Crippen molar-refractivity contribution < 1.29 is 4.74 Å². The van der Waals surface area contributed by atoms with Gasteiger partial charge in [0.2, 0.25) is 0 Å². The van der Waals surface area contributed by atoms with E-state index in [1.54, 1.807) is 13.3 Å². The molecule has 1 aromatic rings. The second-order valence-electron chi connectivity index (χ2n) is 5.21. The van der Waals surface area contributed by atoms with Gasteiger partial charge >= 0.3 is 0 Å². The van der Waals surface area contributed by atoms with Crippen molar-refractivity contribution in [3.63, 3.8) is 0 Å². The maximum Gasteiger partial charge on any atom is 0.283 e. The van der Waals surface area contributed by atoms with Crippen molar-refractivity contribution in [1.29, 1.82) is 0 Å². The quantitative estimate of drug-likeness (QED) is 0.862. The number of hydrogen-bond donors (Lipinski definition) is 1. The van der Waals surface area contributed by atoms with E-state index >= 15 is 0 Å². The summed E-state index contributed by atoms with van der Waals surface area (Å²) in [6.07, 6.45) is 7.21. The van der Waals surface area contributed by atoms with Gasteiger partial charge in [-0.25, -0.2) is 4.68 Å². The lowest BCUT2D eigenvalue weighted by Gasteiger charge is -2.21. The Labute approximate surface area is 127 Å². The monoisotopic (exact) mass is 343 g/mol. The largest absolute Gasteiger partial charge is 0.379 e. The molecular weight excluding hydrogens is 322 g/mol. The minimum Gasteiger partial charge on any atom is -0.379 e. The molecule has 1 heterocycles.